The molecule has 1 saturated heterocycles. The lowest BCUT2D eigenvalue weighted by molar-refractivity contribution is -0.117. The normalized spacial score (nSPS) is 16.9. The van der Waals surface area contributed by atoms with Gasteiger partial charge >= 0.3 is 0 Å². The fourth-order valence-corrected chi connectivity index (χ4v) is 3.13. The largest absolute Gasteiger partial charge is 0.497 e. The number of rotatable bonds is 4. The predicted molar refractivity (Wildman–Crippen MR) is 95.0 cm³/mol. The highest BCUT2D eigenvalue weighted by Gasteiger charge is 2.35. The smallest absolute Gasteiger partial charge is 0.232 e. The molecule has 1 aromatic carbocycles. The fourth-order valence-electron chi connectivity index (χ4n) is 3.13. The van der Waals surface area contributed by atoms with E-state index in [1.807, 2.05) is 37.3 Å². The van der Waals surface area contributed by atoms with E-state index >= 15 is 0 Å². The summed E-state index contributed by atoms with van der Waals surface area (Å²) in [5.74, 6) is 1.58. The maximum Gasteiger partial charge on any atom is 0.232 e. The molecular formula is C19H18N4O3. The summed E-state index contributed by atoms with van der Waals surface area (Å²) in [6, 6.07) is 9.40. The summed E-state index contributed by atoms with van der Waals surface area (Å²) in [5, 5.41) is 4.02. The maximum atomic E-state index is 12.6. The van der Waals surface area contributed by atoms with Gasteiger partial charge in [0.05, 0.1) is 18.7 Å². The summed E-state index contributed by atoms with van der Waals surface area (Å²) in [4.78, 5) is 22.9. The Hall–Kier alpha value is -3.22. The van der Waals surface area contributed by atoms with Gasteiger partial charge in [0.15, 0.2) is 0 Å². The third-order valence-electron chi connectivity index (χ3n) is 4.54. The molecule has 132 valence electrons. The number of ether oxygens (including phenoxy) is 1. The zero-order valence-corrected chi connectivity index (χ0v) is 14.5. The fraction of sp³-hybridized carbons (Fsp3) is 0.263. The van der Waals surface area contributed by atoms with Gasteiger partial charge in [-0.15, -0.1) is 0 Å². The average Bonchev–Trinajstić information content (AvgIpc) is 3.30. The maximum absolute atomic E-state index is 12.6. The molecule has 3 aromatic rings. The van der Waals surface area contributed by atoms with Crippen LogP contribution in [0, 0.1) is 6.92 Å². The Morgan fingerprint density at radius 2 is 2.19 bits per heavy atom. The van der Waals surface area contributed by atoms with E-state index in [1.54, 1.807) is 24.4 Å². The minimum atomic E-state index is -0.133. The Balaban J connectivity index is 1.58. The van der Waals surface area contributed by atoms with Crippen molar-refractivity contribution in [1.29, 1.82) is 0 Å². The summed E-state index contributed by atoms with van der Waals surface area (Å²) in [7, 11) is 1.61. The van der Waals surface area contributed by atoms with Gasteiger partial charge in [0, 0.05) is 37.0 Å². The topological polar surface area (TPSA) is 81.3 Å². The van der Waals surface area contributed by atoms with Gasteiger partial charge in [-0.2, -0.15) is 4.98 Å². The second-order valence-corrected chi connectivity index (χ2v) is 6.26. The van der Waals surface area contributed by atoms with Gasteiger partial charge in [0.2, 0.25) is 17.6 Å². The van der Waals surface area contributed by atoms with E-state index in [1.165, 1.54) is 0 Å². The summed E-state index contributed by atoms with van der Waals surface area (Å²) in [6.45, 7) is 2.48. The number of nitrogens with zero attached hydrogens (tertiary/aromatic N) is 4. The second kappa shape index (κ2) is 6.59. The quantitative estimate of drug-likeness (QED) is 0.719. The molecule has 0 spiro atoms. The molecule has 1 unspecified atom stereocenters. The Morgan fingerprint density at radius 3 is 2.96 bits per heavy atom. The zero-order chi connectivity index (χ0) is 18.1. The van der Waals surface area contributed by atoms with Crippen LogP contribution in [-0.2, 0) is 4.79 Å². The number of benzene rings is 1. The molecule has 0 N–H and O–H groups in total. The van der Waals surface area contributed by atoms with Crippen molar-refractivity contribution in [3.63, 3.8) is 0 Å². The third kappa shape index (κ3) is 2.92. The van der Waals surface area contributed by atoms with E-state index in [-0.39, 0.29) is 11.8 Å². The van der Waals surface area contributed by atoms with Crippen molar-refractivity contribution < 1.29 is 14.1 Å². The van der Waals surface area contributed by atoms with Crippen LogP contribution in [0.3, 0.4) is 0 Å². The Labute approximate surface area is 150 Å². The first kappa shape index (κ1) is 16.3. The molecule has 4 rings (SSSR count). The number of methoxy groups -OCH3 is 1. The number of hydrogen-bond donors (Lipinski definition) is 0. The number of anilines is 1. The number of hydrogen-bond acceptors (Lipinski definition) is 6. The van der Waals surface area contributed by atoms with Gasteiger partial charge in [0.25, 0.3) is 0 Å². The zero-order valence-electron chi connectivity index (χ0n) is 14.5. The molecule has 1 fully saturated rings. The molecule has 0 aliphatic carbocycles. The van der Waals surface area contributed by atoms with Crippen LogP contribution in [0.25, 0.3) is 11.4 Å². The van der Waals surface area contributed by atoms with Gasteiger partial charge in [-0.05, 0) is 30.7 Å². The van der Waals surface area contributed by atoms with Crippen LogP contribution in [0.15, 0.2) is 47.2 Å². The monoisotopic (exact) mass is 350 g/mol. The molecule has 1 amide bonds. The molecular weight excluding hydrogens is 332 g/mol. The van der Waals surface area contributed by atoms with Gasteiger partial charge < -0.3 is 14.2 Å². The molecule has 1 aliphatic rings. The van der Waals surface area contributed by atoms with Gasteiger partial charge in [-0.3, -0.25) is 9.78 Å². The van der Waals surface area contributed by atoms with E-state index in [9.17, 15) is 4.79 Å². The molecule has 7 heteroatoms. The molecule has 0 bridgehead atoms. The Kier molecular flexibility index (Phi) is 4.12. The third-order valence-corrected chi connectivity index (χ3v) is 4.54. The van der Waals surface area contributed by atoms with Crippen LogP contribution in [-0.4, -0.2) is 34.7 Å². The second-order valence-electron chi connectivity index (χ2n) is 6.26. The number of aryl methyl sites for hydroxylation is 1. The molecule has 26 heavy (non-hydrogen) atoms. The van der Waals surface area contributed by atoms with Gasteiger partial charge in [-0.25, -0.2) is 0 Å². The van der Waals surface area contributed by atoms with Crippen molar-refractivity contribution in [2.24, 2.45) is 0 Å². The first-order chi connectivity index (χ1) is 12.7. The molecule has 3 heterocycles. The minimum Gasteiger partial charge on any atom is -0.497 e. The van der Waals surface area contributed by atoms with Crippen LogP contribution in [0.2, 0.25) is 0 Å². The lowest BCUT2D eigenvalue weighted by Gasteiger charge is -2.19. The highest BCUT2D eigenvalue weighted by atomic mass is 16.5. The van der Waals surface area contributed by atoms with Crippen molar-refractivity contribution in [2.45, 2.75) is 19.3 Å². The van der Waals surface area contributed by atoms with E-state index in [0.717, 1.165) is 22.6 Å². The molecule has 2 aromatic heterocycles. The molecule has 1 aliphatic heterocycles. The number of amides is 1. The van der Waals surface area contributed by atoms with Crippen LogP contribution >= 0.6 is 0 Å². The van der Waals surface area contributed by atoms with Crippen LogP contribution in [0.5, 0.6) is 5.75 Å². The molecule has 0 radical (unpaired) electrons. The van der Waals surface area contributed by atoms with E-state index in [2.05, 4.69) is 15.1 Å². The van der Waals surface area contributed by atoms with Crippen molar-refractivity contribution >= 4 is 11.6 Å². The molecule has 1 atom stereocenters. The van der Waals surface area contributed by atoms with Crippen LogP contribution in [0.4, 0.5) is 5.69 Å². The predicted octanol–water partition coefficient (Wildman–Crippen LogP) is 2.97. The first-order valence-electron chi connectivity index (χ1n) is 8.34. The Bertz CT molecular complexity index is 939. The standard InChI is InChI=1S/C19H18N4O3/c1-12-5-6-15(25-2)9-16(12)23-11-14(8-17(23)24)19-21-18(22-26-19)13-4-3-7-20-10-13/h3-7,9-10,14H,8,11H2,1-2H3. The van der Waals surface area contributed by atoms with Gasteiger partial charge in [-0.1, -0.05) is 11.2 Å². The summed E-state index contributed by atoms with van der Waals surface area (Å²) < 4.78 is 10.7. The van der Waals surface area contributed by atoms with Crippen molar-refractivity contribution in [2.75, 3.05) is 18.6 Å². The average molecular weight is 350 g/mol. The number of carbonyl (C=O) groups excluding carboxylic acids is 1. The van der Waals surface area contributed by atoms with E-state index in [4.69, 9.17) is 9.26 Å². The highest BCUT2D eigenvalue weighted by molar-refractivity contribution is 5.97. The number of pyridine rings is 1. The summed E-state index contributed by atoms with van der Waals surface area (Å²) in [6.07, 6.45) is 3.71. The molecule has 7 nitrogen and oxygen atoms in total. The lowest BCUT2D eigenvalue weighted by atomic mass is 10.1. The first-order valence-corrected chi connectivity index (χ1v) is 8.34. The summed E-state index contributed by atoms with van der Waals surface area (Å²) in [5.41, 5.74) is 2.65. The van der Waals surface area contributed by atoms with Crippen molar-refractivity contribution in [1.82, 2.24) is 15.1 Å². The molecule has 0 saturated carbocycles. The lowest BCUT2D eigenvalue weighted by Crippen LogP contribution is -2.25. The highest BCUT2D eigenvalue weighted by Crippen LogP contribution is 2.35. The van der Waals surface area contributed by atoms with Gasteiger partial charge in [0.1, 0.15) is 5.75 Å². The van der Waals surface area contributed by atoms with E-state index in [0.29, 0.717) is 24.7 Å². The van der Waals surface area contributed by atoms with Crippen LogP contribution in [0.1, 0.15) is 23.8 Å². The Morgan fingerprint density at radius 1 is 1.31 bits per heavy atom. The van der Waals surface area contributed by atoms with Crippen molar-refractivity contribution in [3.05, 3.63) is 54.2 Å². The van der Waals surface area contributed by atoms with Crippen LogP contribution < -0.4 is 9.64 Å². The van der Waals surface area contributed by atoms with E-state index < -0.39 is 0 Å². The minimum absolute atomic E-state index is 0.0347. The number of aromatic nitrogens is 3. The van der Waals surface area contributed by atoms with Crippen molar-refractivity contribution in [3.8, 4) is 17.1 Å². The number of carbonyl (C=O) groups is 1. The SMILES string of the molecule is COc1ccc(C)c(N2CC(c3nc(-c4cccnc4)no3)CC2=O)c1. The summed E-state index contributed by atoms with van der Waals surface area (Å²) >= 11 is 0.